The number of ether oxygens (including phenoxy) is 1. The molecule has 0 bridgehead atoms. The number of methoxy groups -OCH3 is 1. The minimum absolute atomic E-state index is 0.0254. The Hall–Kier alpha value is -2.96. The van der Waals surface area contributed by atoms with E-state index in [1.807, 2.05) is 9.80 Å². The van der Waals surface area contributed by atoms with Gasteiger partial charge < -0.3 is 14.5 Å². The predicted octanol–water partition coefficient (Wildman–Crippen LogP) is 3.67. The third-order valence-electron chi connectivity index (χ3n) is 6.33. The largest absolute Gasteiger partial charge is 0.497 e. The topological polar surface area (TPSA) is 49.9 Å². The van der Waals surface area contributed by atoms with E-state index in [2.05, 4.69) is 0 Å². The second-order valence-corrected chi connectivity index (χ2v) is 8.25. The van der Waals surface area contributed by atoms with Crippen LogP contribution >= 0.6 is 0 Å². The van der Waals surface area contributed by atoms with Crippen LogP contribution in [0.2, 0.25) is 0 Å². The van der Waals surface area contributed by atoms with Gasteiger partial charge in [-0.3, -0.25) is 9.59 Å². The summed E-state index contributed by atoms with van der Waals surface area (Å²) in [5, 5.41) is 0. The number of amides is 2. The molecule has 4 rings (SSSR count). The lowest BCUT2D eigenvalue weighted by molar-refractivity contribution is -0.137. The molecule has 31 heavy (non-hydrogen) atoms. The molecule has 0 N–H and O–H groups in total. The number of hydrogen-bond acceptors (Lipinski definition) is 3. The number of piperidine rings is 2. The summed E-state index contributed by atoms with van der Waals surface area (Å²) < 4.78 is 31.9. The standard InChI is InChI=1S/C24H26F2N2O3/c1-31-19-6-2-4-17(14-19)24(30)27-11-9-22-18(15-27)5-3-10-28(22)23(29)13-16-7-8-20(25)21(26)12-16/h2,4,6-8,12,14,18,22H,3,5,9-11,13,15H2,1H3/t18-,22-/m1/s1. The van der Waals surface area contributed by atoms with Crippen LogP contribution < -0.4 is 4.74 Å². The molecule has 2 aromatic carbocycles. The first-order valence-corrected chi connectivity index (χ1v) is 10.6. The van der Waals surface area contributed by atoms with E-state index in [9.17, 15) is 18.4 Å². The van der Waals surface area contributed by atoms with Crippen molar-refractivity contribution in [1.82, 2.24) is 9.80 Å². The van der Waals surface area contributed by atoms with E-state index in [4.69, 9.17) is 4.74 Å². The van der Waals surface area contributed by atoms with E-state index in [1.165, 1.54) is 6.07 Å². The van der Waals surface area contributed by atoms with Gasteiger partial charge in [-0.25, -0.2) is 8.78 Å². The zero-order chi connectivity index (χ0) is 22.0. The molecule has 2 fully saturated rings. The number of nitrogens with zero attached hydrogens (tertiary/aromatic N) is 2. The number of rotatable bonds is 4. The van der Waals surface area contributed by atoms with Gasteiger partial charge in [0.05, 0.1) is 13.5 Å². The van der Waals surface area contributed by atoms with Gasteiger partial charge in [-0.15, -0.1) is 0 Å². The molecule has 0 saturated carbocycles. The van der Waals surface area contributed by atoms with E-state index >= 15 is 0 Å². The van der Waals surface area contributed by atoms with Gasteiger partial charge in [0.25, 0.3) is 5.91 Å². The highest BCUT2D eigenvalue weighted by atomic mass is 19.2. The average molecular weight is 428 g/mol. The summed E-state index contributed by atoms with van der Waals surface area (Å²) >= 11 is 0. The Morgan fingerprint density at radius 3 is 2.68 bits per heavy atom. The third kappa shape index (κ3) is 4.55. The summed E-state index contributed by atoms with van der Waals surface area (Å²) in [4.78, 5) is 29.7. The van der Waals surface area contributed by atoms with E-state index in [-0.39, 0.29) is 30.2 Å². The normalized spacial score (nSPS) is 20.9. The predicted molar refractivity (Wildman–Crippen MR) is 112 cm³/mol. The van der Waals surface area contributed by atoms with Gasteiger partial charge in [0.15, 0.2) is 11.6 Å². The molecule has 0 aliphatic carbocycles. The molecule has 0 radical (unpaired) electrons. The van der Waals surface area contributed by atoms with Gasteiger partial charge in [-0.1, -0.05) is 12.1 Å². The molecule has 2 amide bonds. The molecule has 2 atom stereocenters. The van der Waals surface area contributed by atoms with Crippen LogP contribution in [0.25, 0.3) is 0 Å². The maximum absolute atomic E-state index is 13.5. The van der Waals surface area contributed by atoms with Crippen LogP contribution in [0.15, 0.2) is 42.5 Å². The SMILES string of the molecule is COc1cccc(C(=O)N2CC[C@@H]3[C@H](CCCN3C(=O)Cc3ccc(F)c(F)c3)C2)c1. The van der Waals surface area contributed by atoms with Crippen molar-refractivity contribution >= 4 is 11.8 Å². The van der Waals surface area contributed by atoms with Gasteiger partial charge in [-0.2, -0.15) is 0 Å². The van der Waals surface area contributed by atoms with Crippen molar-refractivity contribution in [2.45, 2.75) is 31.7 Å². The van der Waals surface area contributed by atoms with Crippen molar-refractivity contribution in [2.75, 3.05) is 26.7 Å². The van der Waals surface area contributed by atoms with Crippen molar-refractivity contribution in [3.63, 3.8) is 0 Å². The lowest BCUT2D eigenvalue weighted by atomic mass is 9.83. The highest BCUT2D eigenvalue weighted by Gasteiger charge is 2.39. The minimum Gasteiger partial charge on any atom is -0.497 e. The Labute approximate surface area is 180 Å². The Bertz CT molecular complexity index is 981. The molecule has 2 aliphatic heterocycles. The molecule has 5 nitrogen and oxygen atoms in total. The summed E-state index contributed by atoms with van der Waals surface area (Å²) in [6.45, 7) is 1.84. The molecular weight excluding hydrogens is 402 g/mol. The monoisotopic (exact) mass is 428 g/mol. The van der Waals surface area contributed by atoms with Gasteiger partial charge in [-0.05, 0) is 61.1 Å². The zero-order valence-electron chi connectivity index (χ0n) is 17.5. The molecule has 2 heterocycles. The van der Waals surface area contributed by atoms with Gasteiger partial charge in [0, 0.05) is 31.2 Å². The molecule has 0 spiro atoms. The van der Waals surface area contributed by atoms with E-state index in [0.29, 0.717) is 42.9 Å². The van der Waals surface area contributed by atoms with Crippen molar-refractivity contribution < 1.29 is 23.1 Å². The second kappa shape index (κ2) is 9.04. The van der Waals surface area contributed by atoms with Crippen LogP contribution in [0.1, 0.15) is 35.2 Å². The highest BCUT2D eigenvalue weighted by Crippen LogP contribution is 2.32. The van der Waals surface area contributed by atoms with E-state index < -0.39 is 11.6 Å². The lowest BCUT2D eigenvalue weighted by Gasteiger charge is -2.47. The fourth-order valence-corrected chi connectivity index (χ4v) is 4.76. The van der Waals surface area contributed by atoms with Crippen LogP contribution in [0, 0.1) is 17.6 Å². The van der Waals surface area contributed by atoms with Crippen molar-refractivity contribution in [2.24, 2.45) is 5.92 Å². The minimum atomic E-state index is -0.939. The molecule has 0 unspecified atom stereocenters. The summed E-state index contributed by atoms with van der Waals surface area (Å²) in [6, 6.07) is 10.8. The number of likely N-dealkylation sites (tertiary alicyclic amines) is 2. The summed E-state index contributed by atoms with van der Waals surface area (Å²) in [5.41, 5.74) is 1.07. The maximum Gasteiger partial charge on any atom is 0.253 e. The molecule has 7 heteroatoms. The maximum atomic E-state index is 13.5. The first kappa shape index (κ1) is 21.3. The first-order valence-electron chi connectivity index (χ1n) is 10.6. The first-order chi connectivity index (χ1) is 15.0. The van der Waals surface area contributed by atoms with Crippen LogP contribution in [0.3, 0.4) is 0 Å². The number of carbonyl (C=O) groups excluding carboxylic acids is 2. The average Bonchev–Trinajstić information content (AvgIpc) is 2.80. The molecule has 2 aromatic rings. The second-order valence-electron chi connectivity index (χ2n) is 8.25. The molecular formula is C24H26F2N2O3. The van der Waals surface area contributed by atoms with E-state index in [1.54, 1.807) is 31.4 Å². The Morgan fingerprint density at radius 2 is 1.90 bits per heavy atom. The molecule has 164 valence electrons. The number of halogens is 2. The van der Waals surface area contributed by atoms with Crippen LogP contribution in [-0.4, -0.2) is 54.4 Å². The summed E-state index contributed by atoms with van der Waals surface area (Å²) in [7, 11) is 1.57. The van der Waals surface area contributed by atoms with Crippen LogP contribution in [0.5, 0.6) is 5.75 Å². The van der Waals surface area contributed by atoms with Crippen LogP contribution in [0.4, 0.5) is 8.78 Å². The van der Waals surface area contributed by atoms with Crippen molar-refractivity contribution in [3.8, 4) is 5.75 Å². The van der Waals surface area contributed by atoms with Crippen LogP contribution in [-0.2, 0) is 11.2 Å². The van der Waals surface area contributed by atoms with Gasteiger partial charge in [0.1, 0.15) is 5.75 Å². The fourth-order valence-electron chi connectivity index (χ4n) is 4.76. The number of carbonyl (C=O) groups is 2. The third-order valence-corrected chi connectivity index (χ3v) is 6.33. The smallest absolute Gasteiger partial charge is 0.253 e. The lowest BCUT2D eigenvalue weighted by Crippen LogP contribution is -2.56. The Kier molecular flexibility index (Phi) is 6.20. The highest BCUT2D eigenvalue weighted by molar-refractivity contribution is 5.94. The quantitative estimate of drug-likeness (QED) is 0.747. The molecule has 2 saturated heterocycles. The fraction of sp³-hybridized carbons (Fsp3) is 0.417. The number of hydrogen-bond donors (Lipinski definition) is 0. The Balaban J connectivity index is 1.42. The Morgan fingerprint density at radius 1 is 1.06 bits per heavy atom. The number of fused-ring (bicyclic) bond motifs is 1. The summed E-state index contributed by atoms with van der Waals surface area (Å²) in [6.07, 6.45) is 2.59. The molecule has 0 aromatic heterocycles. The van der Waals surface area contributed by atoms with Crippen molar-refractivity contribution in [3.05, 3.63) is 65.2 Å². The van der Waals surface area contributed by atoms with Gasteiger partial charge >= 0.3 is 0 Å². The van der Waals surface area contributed by atoms with Crippen molar-refractivity contribution in [1.29, 1.82) is 0 Å². The zero-order valence-corrected chi connectivity index (χ0v) is 17.5. The number of benzene rings is 2. The van der Waals surface area contributed by atoms with Gasteiger partial charge in [0.2, 0.25) is 5.91 Å². The summed E-state index contributed by atoms with van der Waals surface area (Å²) in [5.74, 6) is -1.09. The molecule has 2 aliphatic rings. The van der Waals surface area contributed by atoms with E-state index in [0.717, 1.165) is 25.0 Å².